The Morgan fingerprint density at radius 2 is 1.85 bits per heavy atom. The van der Waals surface area contributed by atoms with Gasteiger partial charge in [0, 0.05) is 11.8 Å². The fourth-order valence-electron chi connectivity index (χ4n) is 3.91. The number of rotatable bonds is 2. The van der Waals surface area contributed by atoms with Gasteiger partial charge >= 0.3 is 0 Å². The van der Waals surface area contributed by atoms with E-state index in [1.807, 2.05) is 0 Å². The third kappa shape index (κ3) is 2.41. The topological polar surface area (TPSA) is 32.3 Å². The molecule has 2 saturated carbocycles. The van der Waals surface area contributed by atoms with Gasteiger partial charge in [-0.25, -0.2) is 8.78 Å². The van der Waals surface area contributed by atoms with E-state index in [0.717, 1.165) is 44.6 Å². The molecule has 3 atom stereocenters. The zero-order valence-corrected chi connectivity index (χ0v) is 11.5. The number of hydrogen-bond donors (Lipinski definition) is 2. The SMILES string of the molecule is O[C@]12CCCC[C@@H]1CCC[C@H]2Nc1ccc(F)c(F)c1. The van der Waals surface area contributed by atoms with Crippen LogP contribution in [0.15, 0.2) is 18.2 Å². The first kappa shape index (κ1) is 13.8. The molecule has 2 aliphatic rings. The first-order valence-electron chi connectivity index (χ1n) is 7.53. The second kappa shape index (κ2) is 5.32. The molecule has 0 heterocycles. The lowest BCUT2D eigenvalue weighted by Gasteiger charge is -2.49. The van der Waals surface area contributed by atoms with Gasteiger partial charge in [-0.1, -0.05) is 19.3 Å². The van der Waals surface area contributed by atoms with Crippen LogP contribution in [0, 0.1) is 17.6 Å². The number of nitrogens with one attached hydrogen (secondary N) is 1. The van der Waals surface area contributed by atoms with E-state index in [-0.39, 0.29) is 6.04 Å². The molecule has 1 aromatic rings. The number of aliphatic hydroxyl groups is 1. The normalized spacial score (nSPS) is 33.5. The van der Waals surface area contributed by atoms with E-state index in [0.29, 0.717) is 11.6 Å². The minimum Gasteiger partial charge on any atom is -0.387 e. The summed E-state index contributed by atoms with van der Waals surface area (Å²) in [7, 11) is 0. The molecule has 0 aromatic heterocycles. The first-order valence-corrected chi connectivity index (χ1v) is 7.53. The Balaban J connectivity index is 1.79. The molecule has 110 valence electrons. The van der Waals surface area contributed by atoms with Crippen LogP contribution in [-0.2, 0) is 0 Å². The summed E-state index contributed by atoms with van der Waals surface area (Å²) in [4.78, 5) is 0. The van der Waals surface area contributed by atoms with Crippen molar-refractivity contribution in [2.24, 2.45) is 5.92 Å². The molecule has 1 aromatic carbocycles. The summed E-state index contributed by atoms with van der Waals surface area (Å²) < 4.78 is 26.3. The van der Waals surface area contributed by atoms with Crippen molar-refractivity contribution in [3.63, 3.8) is 0 Å². The molecular weight excluding hydrogens is 260 g/mol. The van der Waals surface area contributed by atoms with Crippen LogP contribution in [0.5, 0.6) is 0 Å². The molecular formula is C16H21F2NO. The van der Waals surface area contributed by atoms with Gasteiger partial charge in [0.05, 0.1) is 11.6 Å². The van der Waals surface area contributed by atoms with E-state index < -0.39 is 17.2 Å². The van der Waals surface area contributed by atoms with Crippen LogP contribution >= 0.6 is 0 Å². The monoisotopic (exact) mass is 281 g/mol. The van der Waals surface area contributed by atoms with Crippen LogP contribution in [0.3, 0.4) is 0 Å². The number of halogens is 2. The van der Waals surface area contributed by atoms with E-state index in [1.165, 1.54) is 18.6 Å². The van der Waals surface area contributed by atoms with E-state index in [4.69, 9.17) is 0 Å². The number of anilines is 1. The maximum absolute atomic E-state index is 13.3. The smallest absolute Gasteiger partial charge is 0.160 e. The van der Waals surface area contributed by atoms with Gasteiger partial charge < -0.3 is 10.4 Å². The fourth-order valence-corrected chi connectivity index (χ4v) is 3.91. The van der Waals surface area contributed by atoms with Gasteiger partial charge in [-0.05, 0) is 43.7 Å². The molecule has 2 N–H and O–H groups in total. The summed E-state index contributed by atoms with van der Waals surface area (Å²) in [5.41, 5.74) is -0.144. The lowest BCUT2D eigenvalue weighted by atomic mass is 9.65. The van der Waals surface area contributed by atoms with Crippen LogP contribution in [0.4, 0.5) is 14.5 Å². The standard InChI is InChI=1S/C16H21F2NO/c17-13-8-7-12(10-14(13)18)19-15-6-3-5-11-4-1-2-9-16(11,15)20/h7-8,10-11,15,19-20H,1-6,9H2/t11-,15-,16-/m1/s1. The maximum Gasteiger partial charge on any atom is 0.160 e. The Bertz CT molecular complexity index is 491. The van der Waals surface area contributed by atoms with Gasteiger partial charge in [-0.15, -0.1) is 0 Å². The average molecular weight is 281 g/mol. The lowest BCUT2D eigenvalue weighted by molar-refractivity contribution is -0.0835. The first-order chi connectivity index (χ1) is 9.59. The van der Waals surface area contributed by atoms with Crippen molar-refractivity contribution in [3.8, 4) is 0 Å². The summed E-state index contributed by atoms with van der Waals surface area (Å²) in [6.07, 6.45) is 7.14. The summed E-state index contributed by atoms with van der Waals surface area (Å²) >= 11 is 0. The second-order valence-electron chi connectivity index (χ2n) is 6.19. The molecule has 0 bridgehead atoms. The summed E-state index contributed by atoms with van der Waals surface area (Å²) in [6, 6.07) is 3.77. The van der Waals surface area contributed by atoms with Crippen molar-refractivity contribution in [3.05, 3.63) is 29.8 Å². The van der Waals surface area contributed by atoms with Crippen LogP contribution < -0.4 is 5.32 Å². The van der Waals surface area contributed by atoms with Gasteiger partial charge in [0.2, 0.25) is 0 Å². The Hall–Kier alpha value is -1.16. The predicted octanol–water partition coefficient (Wildman–Crippen LogP) is 3.85. The molecule has 2 nitrogen and oxygen atoms in total. The molecule has 0 radical (unpaired) electrons. The van der Waals surface area contributed by atoms with Crippen molar-refractivity contribution in [1.29, 1.82) is 0 Å². The van der Waals surface area contributed by atoms with Crippen LogP contribution in [0.2, 0.25) is 0 Å². The number of benzene rings is 1. The van der Waals surface area contributed by atoms with Crippen LogP contribution in [0.25, 0.3) is 0 Å². The molecule has 0 amide bonds. The highest BCUT2D eigenvalue weighted by atomic mass is 19.2. The van der Waals surface area contributed by atoms with E-state index in [9.17, 15) is 13.9 Å². The predicted molar refractivity (Wildman–Crippen MR) is 74.5 cm³/mol. The zero-order valence-electron chi connectivity index (χ0n) is 11.5. The van der Waals surface area contributed by atoms with Gasteiger partial charge in [0.25, 0.3) is 0 Å². The lowest BCUT2D eigenvalue weighted by Crippen LogP contribution is -2.56. The molecule has 2 fully saturated rings. The minimum atomic E-state index is -0.849. The van der Waals surface area contributed by atoms with Gasteiger partial charge in [-0.2, -0.15) is 0 Å². The summed E-state index contributed by atoms with van der Waals surface area (Å²) in [5.74, 6) is -1.35. The molecule has 20 heavy (non-hydrogen) atoms. The second-order valence-corrected chi connectivity index (χ2v) is 6.19. The third-order valence-corrected chi connectivity index (χ3v) is 5.00. The van der Waals surface area contributed by atoms with Crippen LogP contribution in [-0.4, -0.2) is 16.7 Å². The van der Waals surface area contributed by atoms with Crippen molar-refractivity contribution < 1.29 is 13.9 Å². The molecule has 0 spiro atoms. The molecule has 4 heteroatoms. The largest absolute Gasteiger partial charge is 0.387 e. The van der Waals surface area contributed by atoms with E-state index in [2.05, 4.69) is 5.32 Å². The maximum atomic E-state index is 13.3. The quantitative estimate of drug-likeness (QED) is 0.863. The average Bonchev–Trinajstić information content (AvgIpc) is 2.43. The Morgan fingerprint density at radius 3 is 2.65 bits per heavy atom. The molecule has 0 saturated heterocycles. The van der Waals surface area contributed by atoms with E-state index >= 15 is 0 Å². The molecule has 0 unspecified atom stereocenters. The van der Waals surface area contributed by atoms with Crippen molar-refractivity contribution in [2.45, 2.75) is 56.6 Å². The summed E-state index contributed by atoms with van der Waals surface area (Å²) in [5, 5.41) is 14.2. The Morgan fingerprint density at radius 1 is 1.05 bits per heavy atom. The third-order valence-electron chi connectivity index (χ3n) is 5.00. The highest BCUT2D eigenvalue weighted by Gasteiger charge is 2.47. The fraction of sp³-hybridized carbons (Fsp3) is 0.625. The van der Waals surface area contributed by atoms with E-state index in [1.54, 1.807) is 0 Å². The highest BCUT2D eigenvalue weighted by molar-refractivity contribution is 5.45. The Labute approximate surface area is 118 Å². The highest BCUT2D eigenvalue weighted by Crippen LogP contribution is 2.44. The molecule has 2 aliphatic carbocycles. The van der Waals surface area contributed by atoms with Crippen molar-refractivity contribution in [2.75, 3.05) is 5.32 Å². The van der Waals surface area contributed by atoms with Gasteiger partial charge in [-0.3, -0.25) is 0 Å². The zero-order chi connectivity index (χ0) is 14.2. The van der Waals surface area contributed by atoms with Gasteiger partial charge in [0.15, 0.2) is 11.6 Å². The molecule has 0 aliphatic heterocycles. The van der Waals surface area contributed by atoms with Crippen LogP contribution in [0.1, 0.15) is 44.9 Å². The van der Waals surface area contributed by atoms with Crippen molar-refractivity contribution >= 4 is 5.69 Å². The molecule has 3 rings (SSSR count). The van der Waals surface area contributed by atoms with Gasteiger partial charge in [0.1, 0.15) is 0 Å². The number of fused-ring (bicyclic) bond motifs is 1. The Kier molecular flexibility index (Phi) is 3.67. The summed E-state index contributed by atoms with van der Waals surface area (Å²) in [6.45, 7) is 0. The number of hydrogen-bond acceptors (Lipinski definition) is 2. The van der Waals surface area contributed by atoms with Crippen molar-refractivity contribution in [1.82, 2.24) is 0 Å². The minimum absolute atomic E-state index is 0.0635.